The van der Waals surface area contributed by atoms with E-state index in [1.54, 1.807) is 0 Å². The van der Waals surface area contributed by atoms with Gasteiger partial charge in [-0.1, -0.05) is 152 Å². The average molecular weight is 716 g/mol. The molecule has 0 fully saturated rings. The maximum absolute atomic E-state index is 6.66. The highest BCUT2D eigenvalue weighted by atomic mass is 16.3. The first-order valence-corrected chi connectivity index (χ1v) is 18.9. The Balaban J connectivity index is 1.07. The summed E-state index contributed by atoms with van der Waals surface area (Å²) in [5.74, 6) is 0.663. The summed E-state index contributed by atoms with van der Waals surface area (Å²) >= 11 is 0. The third kappa shape index (κ3) is 5.31. The molecule has 11 rings (SSSR count). The first kappa shape index (κ1) is 31.9. The lowest BCUT2D eigenvalue weighted by molar-refractivity contribution is 0.667. The fourth-order valence-electron chi connectivity index (χ4n) is 8.19. The normalized spacial score (nSPS) is 11.6. The summed E-state index contributed by atoms with van der Waals surface area (Å²) in [7, 11) is 0. The summed E-state index contributed by atoms with van der Waals surface area (Å²) in [6, 6.07) is 70.4. The van der Waals surface area contributed by atoms with Crippen LogP contribution >= 0.6 is 0 Å². The lowest BCUT2D eigenvalue weighted by atomic mass is 9.95. The summed E-state index contributed by atoms with van der Waals surface area (Å²) in [5, 5.41) is 3.43. The van der Waals surface area contributed by atoms with Crippen LogP contribution in [0.3, 0.4) is 0 Å². The monoisotopic (exact) mass is 715 g/mol. The molecule has 0 aliphatic rings. The Morgan fingerprint density at radius 1 is 0.393 bits per heavy atom. The second kappa shape index (κ2) is 13.1. The predicted molar refractivity (Wildman–Crippen MR) is 231 cm³/mol. The summed E-state index contributed by atoms with van der Waals surface area (Å²) in [4.78, 5) is 10.3. The van der Waals surface area contributed by atoms with Crippen LogP contribution in [0.25, 0.3) is 106 Å². The van der Waals surface area contributed by atoms with Crippen molar-refractivity contribution in [2.24, 2.45) is 0 Å². The van der Waals surface area contributed by atoms with Gasteiger partial charge in [-0.2, -0.15) is 0 Å². The van der Waals surface area contributed by atoms with Crippen molar-refractivity contribution < 1.29 is 4.42 Å². The van der Waals surface area contributed by atoms with E-state index in [0.717, 1.165) is 66.8 Å². The van der Waals surface area contributed by atoms with Gasteiger partial charge in [-0.05, 0) is 81.9 Å². The van der Waals surface area contributed by atoms with E-state index in [1.807, 2.05) is 24.3 Å². The highest BCUT2D eigenvalue weighted by Crippen LogP contribution is 2.41. The molecule has 0 aliphatic heterocycles. The van der Waals surface area contributed by atoms with Crippen LogP contribution < -0.4 is 0 Å². The molecule has 0 atom stereocenters. The highest BCUT2D eigenvalue weighted by Gasteiger charge is 2.20. The van der Waals surface area contributed by atoms with E-state index in [2.05, 4.69) is 180 Å². The predicted octanol–water partition coefficient (Wildman–Crippen LogP) is 13.8. The van der Waals surface area contributed by atoms with E-state index in [4.69, 9.17) is 14.4 Å². The Morgan fingerprint density at radius 3 is 1.79 bits per heavy atom. The molecule has 0 amide bonds. The topological polar surface area (TPSA) is 43.9 Å². The second-order valence-electron chi connectivity index (χ2n) is 14.2. The maximum atomic E-state index is 6.66. The SMILES string of the molecule is c1ccc(-c2cccc(-c3nc(-c4ccccc4)nc4c3oc3ccc(-c5cccc(-c6cccc7c6c6ccccc6n7-c6ccccc6)c5)cc34)c2)cc1. The Morgan fingerprint density at radius 2 is 0.982 bits per heavy atom. The molecule has 0 unspecified atom stereocenters. The standard InChI is InChI=1S/C52H33N3O/c1-4-15-34(16-5-1)36-19-13-22-40(32-36)49-51-50(54-52(53-49)35-17-6-2-7-18-35)44-33-38(29-30-47(44)56-51)37-20-12-21-39(31-37)42-26-14-28-46-48(42)43-25-10-11-27-45(43)55(46)41-23-8-3-9-24-41/h1-33H. The van der Waals surface area contributed by atoms with Gasteiger partial charge in [-0.15, -0.1) is 0 Å². The minimum Gasteiger partial charge on any atom is -0.452 e. The second-order valence-corrected chi connectivity index (χ2v) is 14.2. The Labute approximate surface area is 323 Å². The van der Waals surface area contributed by atoms with Crippen molar-refractivity contribution >= 4 is 43.9 Å². The van der Waals surface area contributed by atoms with E-state index in [0.29, 0.717) is 11.4 Å². The number of nitrogens with zero attached hydrogens (tertiary/aromatic N) is 3. The third-order valence-corrected chi connectivity index (χ3v) is 10.8. The van der Waals surface area contributed by atoms with Gasteiger partial charge >= 0.3 is 0 Å². The zero-order valence-electron chi connectivity index (χ0n) is 30.3. The van der Waals surface area contributed by atoms with Crippen LogP contribution in [-0.4, -0.2) is 14.5 Å². The molecule has 4 nitrogen and oxygen atoms in total. The third-order valence-electron chi connectivity index (χ3n) is 10.8. The van der Waals surface area contributed by atoms with Gasteiger partial charge in [-0.3, -0.25) is 0 Å². The van der Waals surface area contributed by atoms with Gasteiger partial charge in [0.25, 0.3) is 0 Å². The fraction of sp³-hybridized carbons (Fsp3) is 0. The summed E-state index contributed by atoms with van der Waals surface area (Å²) in [5.41, 5.74) is 15.3. The van der Waals surface area contributed by atoms with Crippen LogP contribution in [0, 0.1) is 0 Å². The van der Waals surface area contributed by atoms with Crippen LogP contribution in [0.1, 0.15) is 0 Å². The van der Waals surface area contributed by atoms with Gasteiger partial charge in [0.2, 0.25) is 0 Å². The molecule has 3 heterocycles. The molecule has 0 N–H and O–H groups in total. The molecule has 4 heteroatoms. The van der Waals surface area contributed by atoms with Gasteiger partial charge in [0.05, 0.1) is 11.0 Å². The summed E-state index contributed by atoms with van der Waals surface area (Å²) < 4.78 is 9.03. The Bertz CT molecular complexity index is 3240. The summed E-state index contributed by atoms with van der Waals surface area (Å²) in [6.07, 6.45) is 0. The van der Waals surface area contributed by atoms with Crippen LogP contribution in [-0.2, 0) is 0 Å². The first-order valence-electron chi connectivity index (χ1n) is 18.9. The number of para-hydroxylation sites is 2. The molecule has 3 aromatic heterocycles. The quantitative estimate of drug-likeness (QED) is 0.172. The molecule has 8 aromatic carbocycles. The van der Waals surface area contributed by atoms with Gasteiger partial charge < -0.3 is 8.98 Å². The number of benzene rings is 8. The molecule has 56 heavy (non-hydrogen) atoms. The number of fused-ring (bicyclic) bond motifs is 6. The molecule has 262 valence electrons. The van der Waals surface area contributed by atoms with Crippen molar-refractivity contribution in [3.05, 3.63) is 200 Å². The number of furan rings is 1. The molecule has 0 radical (unpaired) electrons. The van der Waals surface area contributed by atoms with E-state index in [1.165, 1.54) is 27.4 Å². The van der Waals surface area contributed by atoms with Gasteiger partial charge in [0, 0.05) is 33.0 Å². The molecular weight excluding hydrogens is 683 g/mol. The molecule has 0 saturated heterocycles. The van der Waals surface area contributed by atoms with Crippen molar-refractivity contribution in [2.75, 3.05) is 0 Å². The largest absolute Gasteiger partial charge is 0.452 e. The van der Waals surface area contributed by atoms with Crippen molar-refractivity contribution in [2.45, 2.75) is 0 Å². The van der Waals surface area contributed by atoms with Crippen LogP contribution in [0.5, 0.6) is 0 Å². The first-order chi connectivity index (χ1) is 27.8. The van der Waals surface area contributed by atoms with Crippen molar-refractivity contribution in [3.8, 4) is 61.7 Å². The molecule has 0 saturated carbocycles. The number of aromatic nitrogens is 3. The molecule has 11 aromatic rings. The molecule has 0 spiro atoms. The minimum atomic E-state index is 0.663. The van der Waals surface area contributed by atoms with Crippen molar-refractivity contribution in [3.63, 3.8) is 0 Å². The van der Waals surface area contributed by atoms with E-state index >= 15 is 0 Å². The van der Waals surface area contributed by atoms with Crippen LogP contribution in [0.4, 0.5) is 0 Å². The summed E-state index contributed by atoms with van der Waals surface area (Å²) in [6.45, 7) is 0. The fourth-order valence-corrected chi connectivity index (χ4v) is 8.19. The highest BCUT2D eigenvalue weighted by molar-refractivity contribution is 6.16. The lowest BCUT2D eigenvalue weighted by Crippen LogP contribution is -1.94. The molecule has 0 aliphatic carbocycles. The van der Waals surface area contributed by atoms with Crippen LogP contribution in [0.2, 0.25) is 0 Å². The van der Waals surface area contributed by atoms with Crippen molar-refractivity contribution in [1.82, 2.24) is 14.5 Å². The smallest absolute Gasteiger partial charge is 0.180 e. The number of hydrogen-bond donors (Lipinski definition) is 0. The Hall–Kier alpha value is -7.56. The number of hydrogen-bond acceptors (Lipinski definition) is 3. The maximum Gasteiger partial charge on any atom is 0.180 e. The van der Waals surface area contributed by atoms with Gasteiger partial charge in [0.15, 0.2) is 11.4 Å². The van der Waals surface area contributed by atoms with Crippen LogP contribution in [0.15, 0.2) is 205 Å². The van der Waals surface area contributed by atoms with Crippen molar-refractivity contribution in [1.29, 1.82) is 0 Å². The average Bonchev–Trinajstić information content (AvgIpc) is 3.82. The molecular formula is C52H33N3O. The van der Waals surface area contributed by atoms with E-state index in [9.17, 15) is 0 Å². The zero-order valence-corrected chi connectivity index (χ0v) is 30.3. The molecule has 0 bridgehead atoms. The minimum absolute atomic E-state index is 0.663. The van der Waals surface area contributed by atoms with Gasteiger partial charge in [-0.25, -0.2) is 9.97 Å². The lowest BCUT2D eigenvalue weighted by Gasteiger charge is -2.10. The zero-order chi connectivity index (χ0) is 37.0. The van der Waals surface area contributed by atoms with Gasteiger partial charge in [0.1, 0.15) is 16.8 Å². The van der Waals surface area contributed by atoms with E-state index in [-0.39, 0.29) is 0 Å². The Kier molecular flexibility index (Phi) is 7.46. The van der Waals surface area contributed by atoms with E-state index < -0.39 is 0 Å². The number of rotatable bonds is 6.